The molecule has 2 unspecified atom stereocenters. The molecular formula is C15H25N3O. The fraction of sp³-hybridized carbons (Fsp3) is 0.733. The Morgan fingerprint density at radius 1 is 1.37 bits per heavy atom. The van der Waals surface area contributed by atoms with E-state index < -0.39 is 0 Å². The molecule has 0 saturated heterocycles. The van der Waals surface area contributed by atoms with Crippen LogP contribution in [-0.2, 0) is 11.2 Å². The Morgan fingerprint density at radius 3 is 2.68 bits per heavy atom. The fourth-order valence-electron chi connectivity index (χ4n) is 2.68. The minimum Gasteiger partial charge on any atom is -0.378 e. The van der Waals surface area contributed by atoms with Gasteiger partial charge in [-0.3, -0.25) is 0 Å². The minimum atomic E-state index is 0.154. The van der Waals surface area contributed by atoms with Crippen LogP contribution in [0.1, 0.15) is 45.6 Å². The van der Waals surface area contributed by atoms with Crippen molar-refractivity contribution in [1.82, 2.24) is 9.97 Å². The van der Waals surface area contributed by atoms with Gasteiger partial charge in [-0.15, -0.1) is 0 Å². The van der Waals surface area contributed by atoms with Crippen LogP contribution >= 0.6 is 0 Å². The molecule has 106 valence electrons. The predicted octanol–water partition coefficient (Wildman–Crippen LogP) is 2.96. The lowest BCUT2D eigenvalue weighted by molar-refractivity contribution is -0.0976. The fourth-order valence-corrected chi connectivity index (χ4v) is 2.68. The van der Waals surface area contributed by atoms with Crippen molar-refractivity contribution in [3.8, 4) is 0 Å². The number of hydrogen-bond donors (Lipinski definition) is 1. The lowest BCUT2D eigenvalue weighted by atomic mass is 9.64. The molecular weight excluding hydrogens is 238 g/mol. The van der Waals surface area contributed by atoms with Gasteiger partial charge in [-0.25, -0.2) is 9.97 Å². The van der Waals surface area contributed by atoms with E-state index in [1.807, 2.05) is 6.92 Å². The summed E-state index contributed by atoms with van der Waals surface area (Å²) in [7, 11) is 0. The Morgan fingerprint density at radius 2 is 2.11 bits per heavy atom. The Kier molecular flexibility index (Phi) is 4.09. The highest BCUT2D eigenvalue weighted by molar-refractivity contribution is 5.39. The zero-order chi connectivity index (χ0) is 14.0. The quantitative estimate of drug-likeness (QED) is 0.887. The number of anilines is 1. The monoisotopic (exact) mass is 263 g/mol. The van der Waals surface area contributed by atoms with Crippen LogP contribution in [0.4, 0.5) is 5.82 Å². The van der Waals surface area contributed by atoms with Crippen LogP contribution in [0.3, 0.4) is 0 Å². The first-order valence-electron chi connectivity index (χ1n) is 7.20. The molecule has 19 heavy (non-hydrogen) atoms. The van der Waals surface area contributed by atoms with E-state index in [2.05, 4.69) is 49.0 Å². The molecule has 0 bridgehead atoms. The topological polar surface area (TPSA) is 47.0 Å². The standard InChI is InChI=1S/C15H25N3O/c1-6-11-8-14(17-10(3)16-11)18-12-9-13(19-7-2)15(12,4)5/h8,12-13H,6-7,9H2,1-5H3,(H,16,17,18). The maximum atomic E-state index is 5.76. The van der Waals surface area contributed by atoms with Crippen molar-refractivity contribution in [3.05, 3.63) is 17.6 Å². The molecule has 2 atom stereocenters. The van der Waals surface area contributed by atoms with Crippen molar-refractivity contribution in [1.29, 1.82) is 0 Å². The van der Waals surface area contributed by atoms with Crippen LogP contribution in [0.2, 0.25) is 0 Å². The van der Waals surface area contributed by atoms with Gasteiger partial charge in [-0.05, 0) is 26.7 Å². The maximum absolute atomic E-state index is 5.76. The van der Waals surface area contributed by atoms with E-state index in [1.165, 1.54) is 0 Å². The normalized spacial score (nSPS) is 24.9. The second kappa shape index (κ2) is 5.45. The van der Waals surface area contributed by atoms with Gasteiger partial charge >= 0.3 is 0 Å². The van der Waals surface area contributed by atoms with Crippen LogP contribution in [0.15, 0.2) is 6.07 Å². The highest BCUT2D eigenvalue weighted by Gasteiger charge is 2.49. The van der Waals surface area contributed by atoms with Gasteiger partial charge in [0.05, 0.1) is 6.10 Å². The van der Waals surface area contributed by atoms with Crippen LogP contribution in [-0.4, -0.2) is 28.7 Å². The van der Waals surface area contributed by atoms with E-state index in [-0.39, 0.29) is 5.41 Å². The molecule has 1 heterocycles. The number of rotatable bonds is 5. The number of ether oxygens (including phenoxy) is 1. The van der Waals surface area contributed by atoms with E-state index in [1.54, 1.807) is 0 Å². The summed E-state index contributed by atoms with van der Waals surface area (Å²) in [5.74, 6) is 1.78. The molecule has 1 aliphatic rings. The maximum Gasteiger partial charge on any atom is 0.130 e. The second-order valence-corrected chi connectivity index (χ2v) is 5.84. The highest BCUT2D eigenvalue weighted by Crippen LogP contribution is 2.44. The molecule has 1 fully saturated rings. The smallest absolute Gasteiger partial charge is 0.130 e. The summed E-state index contributed by atoms with van der Waals surface area (Å²) in [5.41, 5.74) is 1.25. The van der Waals surface area contributed by atoms with Crippen LogP contribution in [0.5, 0.6) is 0 Å². The van der Waals surface area contributed by atoms with Crippen LogP contribution < -0.4 is 5.32 Å². The molecule has 0 spiro atoms. The number of aromatic nitrogens is 2. The van der Waals surface area contributed by atoms with Crippen molar-refractivity contribution in [2.75, 3.05) is 11.9 Å². The predicted molar refractivity (Wildman–Crippen MR) is 77.4 cm³/mol. The largest absolute Gasteiger partial charge is 0.378 e. The van der Waals surface area contributed by atoms with Gasteiger partial charge in [0.1, 0.15) is 11.6 Å². The summed E-state index contributed by atoms with van der Waals surface area (Å²) in [6.07, 6.45) is 2.34. The van der Waals surface area contributed by atoms with Gasteiger partial charge in [-0.2, -0.15) is 0 Å². The molecule has 0 aliphatic heterocycles. The number of nitrogens with one attached hydrogen (secondary N) is 1. The van der Waals surface area contributed by atoms with Crippen molar-refractivity contribution in [3.63, 3.8) is 0 Å². The number of aryl methyl sites for hydroxylation is 2. The Balaban J connectivity index is 2.05. The molecule has 4 nitrogen and oxygen atoms in total. The molecule has 4 heteroatoms. The zero-order valence-corrected chi connectivity index (χ0v) is 12.7. The van der Waals surface area contributed by atoms with Gasteiger partial charge in [0.15, 0.2) is 0 Å². The minimum absolute atomic E-state index is 0.154. The summed E-state index contributed by atoms with van der Waals surface area (Å²) >= 11 is 0. The van der Waals surface area contributed by atoms with Crippen LogP contribution in [0.25, 0.3) is 0 Å². The molecule has 1 aromatic rings. The first-order valence-corrected chi connectivity index (χ1v) is 7.20. The van der Waals surface area contributed by atoms with Crippen molar-refractivity contribution in [2.45, 2.75) is 59.6 Å². The Labute approximate surface area is 116 Å². The average Bonchev–Trinajstić information content (AvgIpc) is 2.37. The van der Waals surface area contributed by atoms with E-state index >= 15 is 0 Å². The summed E-state index contributed by atoms with van der Waals surface area (Å²) in [4.78, 5) is 8.89. The molecule has 1 aromatic heterocycles. The van der Waals surface area contributed by atoms with Gasteiger partial charge in [0.25, 0.3) is 0 Å². The van der Waals surface area contributed by atoms with Crippen molar-refractivity contribution in [2.24, 2.45) is 5.41 Å². The molecule has 0 aromatic carbocycles. The first-order chi connectivity index (χ1) is 8.97. The lowest BCUT2D eigenvalue weighted by Gasteiger charge is -2.51. The second-order valence-electron chi connectivity index (χ2n) is 5.84. The van der Waals surface area contributed by atoms with Crippen molar-refractivity contribution >= 4 is 5.82 Å². The molecule has 1 N–H and O–H groups in total. The summed E-state index contributed by atoms with van der Waals surface area (Å²) in [5, 5.41) is 3.54. The lowest BCUT2D eigenvalue weighted by Crippen LogP contribution is -2.58. The van der Waals surface area contributed by atoms with Gasteiger partial charge in [-0.1, -0.05) is 20.8 Å². The molecule has 0 amide bonds. The summed E-state index contributed by atoms with van der Waals surface area (Å²) in [6, 6.07) is 2.47. The van der Waals surface area contributed by atoms with E-state index in [9.17, 15) is 0 Å². The van der Waals surface area contributed by atoms with Gasteiger partial charge in [0.2, 0.25) is 0 Å². The third-order valence-electron chi connectivity index (χ3n) is 4.12. The number of nitrogens with zero attached hydrogens (tertiary/aromatic N) is 2. The van der Waals surface area contributed by atoms with Crippen molar-refractivity contribution < 1.29 is 4.74 Å². The zero-order valence-electron chi connectivity index (χ0n) is 12.7. The molecule has 2 rings (SSSR count). The Hall–Kier alpha value is -1.16. The average molecular weight is 263 g/mol. The summed E-state index contributed by atoms with van der Waals surface area (Å²) in [6.45, 7) is 11.4. The van der Waals surface area contributed by atoms with Gasteiger partial charge in [0, 0.05) is 29.8 Å². The SMILES string of the molecule is CCOC1CC(Nc2cc(CC)nc(C)n2)C1(C)C. The molecule has 0 radical (unpaired) electrons. The third-order valence-corrected chi connectivity index (χ3v) is 4.12. The molecule has 1 aliphatic carbocycles. The van der Waals surface area contributed by atoms with Gasteiger partial charge < -0.3 is 10.1 Å². The third kappa shape index (κ3) is 2.89. The molecule has 1 saturated carbocycles. The first kappa shape index (κ1) is 14.3. The Bertz CT molecular complexity index is 445. The van der Waals surface area contributed by atoms with E-state index in [4.69, 9.17) is 4.74 Å². The van der Waals surface area contributed by atoms with E-state index in [0.29, 0.717) is 12.1 Å². The van der Waals surface area contributed by atoms with Crippen LogP contribution in [0, 0.1) is 12.3 Å². The highest BCUT2D eigenvalue weighted by atomic mass is 16.5. The number of hydrogen-bond acceptors (Lipinski definition) is 4. The summed E-state index contributed by atoms with van der Waals surface area (Å²) < 4.78 is 5.76. The van der Waals surface area contributed by atoms with E-state index in [0.717, 1.165) is 36.8 Å².